The van der Waals surface area contributed by atoms with E-state index in [1.54, 1.807) is 6.92 Å². The highest BCUT2D eigenvalue weighted by Crippen LogP contribution is 2.24. The van der Waals surface area contributed by atoms with Crippen LogP contribution in [-0.4, -0.2) is 17.5 Å². The summed E-state index contributed by atoms with van der Waals surface area (Å²) in [6.07, 6.45) is -0.259. The van der Waals surface area contributed by atoms with Crippen molar-refractivity contribution in [3.63, 3.8) is 0 Å². The molecule has 0 bridgehead atoms. The number of Topliss-reactive ketones (excluding diaryl/α,β-unsaturated/α-hetero) is 1. The number of benzene rings is 1. The number of thioether (sulfide) groups is 1. The summed E-state index contributed by atoms with van der Waals surface area (Å²) in [4.78, 5) is 22.8. The number of esters is 1. The van der Waals surface area contributed by atoms with E-state index in [9.17, 15) is 9.59 Å². The first-order chi connectivity index (χ1) is 7.99. The van der Waals surface area contributed by atoms with Crippen molar-refractivity contribution in [1.29, 1.82) is 0 Å². The Morgan fingerprint density at radius 2 is 2.06 bits per heavy atom. The molecule has 0 amide bonds. The Hall–Kier alpha value is -1.29. The predicted molar refractivity (Wildman–Crippen MR) is 68.0 cm³/mol. The van der Waals surface area contributed by atoms with Crippen LogP contribution in [0.5, 0.6) is 0 Å². The van der Waals surface area contributed by atoms with Crippen LogP contribution < -0.4 is 0 Å². The maximum absolute atomic E-state index is 10.9. The van der Waals surface area contributed by atoms with Gasteiger partial charge in [0.1, 0.15) is 11.9 Å². The molecule has 0 N–H and O–H groups in total. The number of carbonyl (C=O) groups excluding carboxylic acids is 2. The van der Waals surface area contributed by atoms with Crippen molar-refractivity contribution < 1.29 is 14.3 Å². The van der Waals surface area contributed by atoms with Crippen molar-refractivity contribution in [2.75, 3.05) is 5.75 Å². The van der Waals surface area contributed by atoms with E-state index in [2.05, 4.69) is 0 Å². The average Bonchev–Trinajstić information content (AvgIpc) is 2.26. The third-order valence-corrected chi connectivity index (χ3v) is 3.25. The molecule has 0 radical (unpaired) electrons. The van der Waals surface area contributed by atoms with Crippen molar-refractivity contribution >= 4 is 23.5 Å². The fourth-order valence-corrected chi connectivity index (χ4v) is 2.12. The van der Waals surface area contributed by atoms with Crippen LogP contribution in [0.4, 0.5) is 0 Å². The minimum Gasteiger partial charge on any atom is -0.458 e. The van der Waals surface area contributed by atoms with Crippen LogP contribution in [-0.2, 0) is 14.3 Å². The van der Waals surface area contributed by atoms with Crippen LogP contribution in [0, 0.1) is 0 Å². The lowest BCUT2D eigenvalue weighted by atomic mass is 10.1. The first-order valence-electron chi connectivity index (χ1n) is 5.38. The SMILES string of the molecule is CC(=O)CSc1cccc(C(C)OC(C)=O)c1. The number of hydrogen-bond donors (Lipinski definition) is 0. The highest BCUT2D eigenvalue weighted by Gasteiger charge is 2.09. The van der Waals surface area contributed by atoms with E-state index in [0.717, 1.165) is 10.5 Å². The molecule has 1 rings (SSSR count). The Labute approximate surface area is 106 Å². The fraction of sp³-hybridized carbons (Fsp3) is 0.385. The van der Waals surface area contributed by atoms with Crippen molar-refractivity contribution in [3.8, 4) is 0 Å². The topological polar surface area (TPSA) is 43.4 Å². The van der Waals surface area contributed by atoms with Gasteiger partial charge in [0.25, 0.3) is 0 Å². The van der Waals surface area contributed by atoms with Crippen molar-refractivity contribution in [2.45, 2.75) is 31.8 Å². The summed E-state index contributed by atoms with van der Waals surface area (Å²) >= 11 is 1.49. The molecule has 3 nitrogen and oxygen atoms in total. The van der Waals surface area contributed by atoms with Gasteiger partial charge in [-0.25, -0.2) is 0 Å². The van der Waals surface area contributed by atoms with Crippen LogP contribution in [0.2, 0.25) is 0 Å². The quantitative estimate of drug-likeness (QED) is 0.597. The van der Waals surface area contributed by atoms with E-state index >= 15 is 0 Å². The van der Waals surface area contributed by atoms with Gasteiger partial charge in [-0.05, 0) is 31.5 Å². The summed E-state index contributed by atoms with van der Waals surface area (Å²) in [7, 11) is 0. The third kappa shape index (κ3) is 5.04. The second-order valence-electron chi connectivity index (χ2n) is 3.81. The predicted octanol–water partition coefficient (Wildman–Crippen LogP) is 2.99. The first-order valence-corrected chi connectivity index (χ1v) is 6.37. The Balaban J connectivity index is 2.71. The number of ether oxygens (including phenoxy) is 1. The molecule has 0 saturated heterocycles. The summed E-state index contributed by atoms with van der Waals surface area (Å²) in [6.45, 7) is 4.79. The smallest absolute Gasteiger partial charge is 0.303 e. The first kappa shape index (κ1) is 13.8. The van der Waals surface area contributed by atoms with E-state index in [0.29, 0.717) is 5.75 Å². The second-order valence-corrected chi connectivity index (χ2v) is 4.86. The molecule has 0 spiro atoms. The molecule has 0 heterocycles. The zero-order chi connectivity index (χ0) is 12.8. The largest absolute Gasteiger partial charge is 0.458 e. The van der Waals surface area contributed by atoms with Crippen molar-refractivity contribution in [2.24, 2.45) is 0 Å². The van der Waals surface area contributed by atoms with Gasteiger partial charge in [0.15, 0.2) is 0 Å². The summed E-state index contributed by atoms with van der Waals surface area (Å²) in [5.74, 6) is 0.318. The standard InChI is InChI=1S/C13H16O3S/c1-9(14)8-17-13-6-4-5-12(7-13)10(2)16-11(3)15/h4-7,10H,8H2,1-3H3. The zero-order valence-electron chi connectivity index (χ0n) is 10.2. The molecule has 92 valence electrons. The molecular weight excluding hydrogens is 236 g/mol. The highest BCUT2D eigenvalue weighted by molar-refractivity contribution is 8.00. The van der Waals surface area contributed by atoms with Gasteiger partial charge in [-0.15, -0.1) is 11.8 Å². The monoisotopic (exact) mass is 252 g/mol. The van der Waals surface area contributed by atoms with Gasteiger partial charge in [0.2, 0.25) is 0 Å². The highest BCUT2D eigenvalue weighted by atomic mass is 32.2. The summed E-state index contributed by atoms with van der Waals surface area (Å²) < 4.78 is 5.10. The van der Waals surface area contributed by atoms with Crippen molar-refractivity contribution in [1.82, 2.24) is 0 Å². The van der Waals surface area contributed by atoms with E-state index in [4.69, 9.17) is 4.74 Å². The maximum atomic E-state index is 10.9. The van der Waals surface area contributed by atoms with E-state index in [1.807, 2.05) is 31.2 Å². The fourth-order valence-electron chi connectivity index (χ4n) is 1.36. The van der Waals surface area contributed by atoms with Crippen LogP contribution in [0.1, 0.15) is 32.4 Å². The third-order valence-electron chi connectivity index (χ3n) is 2.11. The molecular formula is C13H16O3S. The number of ketones is 1. The molecule has 0 saturated carbocycles. The number of rotatable bonds is 5. The molecule has 1 atom stereocenters. The molecule has 17 heavy (non-hydrogen) atoms. The maximum Gasteiger partial charge on any atom is 0.303 e. The van der Waals surface area contributed by atoms with E-state index < -0.39 is 0 Å². The summed E-state index contributed by atoms with van der Waals surface area (Å²) in [6, 6.07) is 7.70. The molecule has 0 aliphatic carbocycles. The zero-order valence-corrected chi connectivity index (χ0v) is 11.0. The van der Waals surface area contributed by atoms with Crippen molar-refractivity contribution in [3.05, 3.63) is 29.8 Å². The number of carbonyl (C=O) groups is 2. The van der Waals surface area contributed by atoms with Gasteiger partial charge in [-0.1, -0.05) is 12.1 Å². The van der Waals surface area contributed by atoms with Crippen LogP contribution in [0.3, 0.4) is 0 Å². The Bertz CT molecular complexity index is 415. The Kier molecular flexibility index (Phi) is 5.22. The second kappa shape index (κ2) is 6.45. The summed E-state index contributed by atoms with van der Waals surface area (Å²) in [5, 5.41) is 0. The normalized spacial score (nSPS) is 11.9. The van der Waals surface area contributed by atoms with Gasteiger partial charge >= 0.3 is 5.97 Å². The number of hydrogen-bond acceptors (Lipinski definition) is 4. The Morgan fingerprint density at radius 1 is 1.35 bits per heavy atom. The molecule has 0 aliphatic rings. The molecule has 1 aromatic carbocycles. The molecule has 1 unspecified atom stereocenters. The van der Waals surface area contributed by atoms with E-state index in [-0.39, 0.29) is 17.9 Å². The van der Waals surface area contributed by atoms with Crippen LogP contribution in [0.25, 0.3) is 0 Å². The minimum atomic E-state index is -0.292. The van der Waals surface area contributed by atoms with Crippen LogP contribution in [0.15, 0.2) is 29.2 Å². The molecule has 0 fully saturated rings. The van der Waals surface area contributed by atoms with Gasteiger partial charge in [-0.3, -0.25) is 9.59 Å². The van der Waals surface area contributed by atoms with Gasteiger partial charge in [0.05, 0.1) is 5.75 Å². The molecule has 0 aliphatic heterocycles. The average molecular weight is 252 g/mol. The molecule has 0 aromatic heterocycles. The van der Waals surface area contributed by atoms with Gasteiger partial charge in [-0.2, -0.15) is 0 Å². The van der Waals surface area contributed by atoms with E-state index in [1.165, 1.54) is 18.7 Å². The van der Waals surface area contributed by atoms with Gasteiger partial charge < -0.3 is 4.74 Å². The lowest BCUT2D eigenvalue weighted by molar-refractivity contribution is -0.145. The lowest BCUT2D eigenvalue weighted by Crippen LogP contribution is -2.04. The summed E-state index contributed by atoms with van der Waals surface area (Å²) in [5.41, 5.74) is 0.939. The molecule has 1 aromatic rings. The van der Waals surface area contributed by atoms with Gasteiger partial charge in [0, 0.05) is 11.8 Å². The van der Waals surface area contributed by atoms with Crippen LogP contribution >= 0.6 is 11.8 Å². The molecule has 4 heteroatoms. The lowest BCUT2D eigenvalue weighted by Gasteiger charge is -2.12. The Morgan fingerprint density at radius 3 is 2.65 bits per heavy atom. The minimum absolute atomic E-state index is 0.147.